The van der Waals surface area contributed by atoms with Crippen molar-refractivity contribution in [1.29, 1.82) is 0 Å². The monoisotopic (exact) mass is 313 g/mol. The van der Waals surface area contributed by atoms with Crippen LogP contribution in [0.25, 0.3) is 0 Å². The normalized spacial score (nSPS) is 23.6. The van der Waals surface area contributed by atoms with Crippen molar-refractivity contribution in [2.45, 2.75) is 42.8 Å². The summed E-state index contributed by atoms with van der Waals surface area (Å²) in [5.74, 6) is -0.577. The minimum atomic E-state index is -3.73. The van der Waals surface area contributed by atoms with E-state index in [1.165, 1.54) is 31.0 Å². The number of nitrogens with two attached hydrogens (primary N) is 1. The molecular weight excluding hydrogens is 293 g/mol. The lowest BCUT2D eigenvalue weighted by molar-refractivity contribution is 0.322. The quantitative estimate of drug-likeness (QED) is 0.843. The van der Waals surface area contributed by atoms with Crippen LogP contribution in [-0.2, 0) is 16.6 Å². The van der Waals surface area contributed by atoms with Crippen molar-refractivity contribution in [3.05, 3.63) is 29.6 Å². The van der Waals surface area contributed by atoms with E-state index in [9.17, 15) is 12.8 Å². The molecule has 0 bridgehead atoms. The minimum absolute atomic E-state index is 0.0436. The summed E-state index contributed by atoms with van der Waals surface area (Å²) in [6.07, 6.45) is 3.21. The molecule has 1 aromatic rings. The maximum Gasteiger partial charge on any atom is 0.241 e. The Morgan fingerprint density at radius 1 is 1.33 bits per heavy atom. The van der Waals surface area contributed by atoms with Crippen molar-refractivity contribution in [3.63, 3.8) is 0 Å². The maximum absolute atomic E-state index is 13.7. The van der Waals surface area contributed by atoms with Crippen LogP contribution in [0.15, 0.2) is 23.1 Å². The van der Waals surface area contributed by atoms with Crippen LogP contribution >= 0.6 is 0 Å². The smallest absolute Gasteiger partial charge is 0.241 e. The number of likely N-dealkylation sites (tertiary alicyclic amines) is 1. The lowest BCUT2D eigenvalue weighted by atomic mass is 10.2. The lowest BCUT2D eigenvalue weighted by Gasteiger charge is -2.17. The summed E-state index contributed by atoms with van der Waals surface area (Å²) in [6.45, 7) is 1.52. The molecule has 1 aromatic carbocycles. The molecule has 5 nitrogen and oxygen atoms in total. The van der Waals surface area contributed by atoms with Gasteiger partial charge in [0.1, 0.15) is 5.82 Å². The molecule has 7 heteroatoms. The molecule has 1 saturated carbocycles. The zero-order valence-corrected chi connectivity index (χ0v) is 12.6. The van der Waals surface area contributed by atoms with Gasteiger partial charge in [-0.3, -0.25) is 4.90 Å². The molecule has 1 heterocycles. The average molecular weight is 313 g/mol. The van der Waals surface area contributed by atoms with E-state index in [4.69, 9.17) is 5.73 Å². The van der Waals surface area contributed by atoms with E-state index in [2.05, 4.69) is 9.62 Å². The van der Waals surface area contributed by atoms with Gasteiger partial charge in [0.15, 0.2) is 0 Å². The van der Waals surface area contributed by atoms with Gasteiger partial charge in [-0.15, -0.1) is 0 Å². The zero-order chi connectivity index (χ0) is 15.0. The second-order valence-corrected chi connectivity index (χ2v) is 7.44. The Morgan fingerprint density at radius 3 is 2.76 bits per heavy atom. The first-order valence-corrected chi connectivity index (χ1v) is 8.73. The molecule has 1 unspecified atom stereocenters. The van der Waals surface area contributed by atoms with E-state index in [1.807, 2.05) is 0 Å². The summed E-state index contributed by atoms with van der Waals surface area (Å²) in [5.41, 5.74) is 5.53. The Bertz CT molecular complexity index is 631. The maximum atomic E-state index is 13.7. The van der Waals surface area contributed by atoms with Gasteiger partial charge in [-0.2, -0.15) is 0 Å². The standard InChI is InChI=1S/C14H20FN3O2S/c15-13-2-1-3-14(12(13)8-16)21(19,20)17-10-6-7-18(9-10)11-4-5-11/h1-3,10-11,17H,4-9,16H2. The lowest BCUT2D eigenvalue weighted by Crippen LogP contribution is -2.38. The van der Waals surface area contributed by atoms with E-state index in [1.54, 1.807) is 0 Å². The second-order valence-electron chi connectivity index (χ2n) is 5.75. The fraction of sp³-hybridized carbons (Fsp3) is 0.571. The van der Waals surface area contributed by atoms with Gasteiger partial charge in [-0.1, -0.05) is 6.07 Å². The van der Waals surface area contributed by atoms with Gasteiger partial charge in [0.25, 0.3) is 0 Å². The SMILES string of the molecule is NCc1c(F)cccc1S(=O)(=O)NC1CCN(C2CC2)C1. The van der Waals surface area contributed by atoms with Crippen molar-refractivity contribution < 1.29 is 12.8 Å². The average Bonchev–Trinajstić information content (AvgIpc) is 3.19. The van der Waals surface area contributed by atoms with E-state index in [0.717, 1.165) is 19.5 Å². The molecule has 0 aromatic heterocycles. The third-order valence-corrected chi connectivity index (χ3v) is 5.78. The van der Waals surface area contributed by atoms with Crippen molar-refractivity contribution in [2.24, 2.45) is 5.73 Å². The minimum Gasteiger partial charge on any atom is -0.326 e. The molecule has 116 valence electrons. The number of hydrogen-bond donors (Lipinski definition) is 2. The van der Waals surface area contributed by atoms with Crippen LogP contribution < -0.4 is 10.5 Å². The molecule has 2 aliphatic rings. The molecule has 3 rings (SSSR count). The topological polar surface area (TPSA) is 75.4 Å². The highest BCUT2D eigenvalue weighted by Crippen LogP contribution is 2.30. The van der Waals surface area contributed by atoms with Crippen LogP contribution in [-0.4, -0.2) is 38.5 Å². The first-order valence-electron chi connectivity index (χ1n) is 7.25. The number of benzene rings is 1. The van der Waals surface area contributed by atoms with Crippen molar-refractivity contribution in [2.75, 3.05) is 13.1 Å². The van der Waals surface area contributed by atoms with Gasteiger partial charge >= 0.3 is 0 Å². The van der Waals surface area contributed by atoms with Gasteiger partial charge in [0.2, 0.25) is 10.0 Å². The molecule has 1 aliphatic heterocycles. The van der Waals surface area contributed by atoms with Crippen molar-refractivity contribution >= 4 is 10.0 Å². The molecule has 2 fully saturated rings. The summed E-state index contributed by atoms with van der Waals surface area (Å²) >= 11 is 0. The third-order valence-electron chi connectivity index (χ3n) is 4.17. The van der Waals surface area contributed by atoms with Gasteiger partial charge in [-0.05, 0) is 31.4 Å². The summed E-state index contributed by atoms with van der Waals surface area (Å²) in [6, 6.07) is 4.55. The van der Waals surface area contributed by atoms with Crippen molar-refractivity contribution in [1.82, 2.24) is 9.62 Å². The van der Waals surface area contributed by atoms with Crippen LogP contribution in [0.5, 0.6) is 0 Å². The highest BCUT2D eigenvalue weighted by molar-refractivity contribution is 7.89. The van der Waals surface area contributed by atoms with E-state index in [-0.39, 0.29) is 23.0 Å². The molecule has 1 saturated heterocycles. The first-order chi connectivity index (χ1) is 10.0. The first kappa shape index (κ1) is 14.9. The van der Waals surface area contributed by atoms with Crippen molar-refractivity contribution in [3.8, 4) is 0 Å². The highest BCUT2D eigenvalue weighted by atomic mass is 32.2. The van der Waals surface area contributed by atoms with Gasteiger partial charge in [0.05, 0.1) is 4.90 Å². The zero-order valence-electron chi connectivity index (χ0n) is 11.8. The Labute approximate surface area is 124 Å². The highest BCUT2D eigenvalue weighted by Gasteiger charge is 2.36. The molecule has 1 atom stereocenters. The number of nitrogens with zero attached hydrogens (tertiary/aromatic N) is 1. The van der Waals surface area contributed by atoms with Gasteiger partial charge in [0, 0.05) is 37.3 Å². The van der Waals surface area contributed by atoms with Gasteiger partial charge < -0.3 is 5.73 Å². The summed E-state index contributed by atoms with van der Waals surface area (Å²) < 4.78 is 41.3. The van der Waals surface area contributed by atoms with E-state index < -0.39 is 15.8 Å². The summed E-state index contributed by atoms with van der Waals surface area (Å²) in [4.78, 5) is 2.28. The molecule has 0 spiro atoms. The number of hydrogen-bond acceptors (Lipinski definition) is 4. The summed E-state index contributed by atoms with van der Waals surface area (Å²) in [7, 11) is -3.73. The van der Waals surface area contributed by atoms with E-state index in [0.29, 0.717) is 6.04 Å². The fourth-order valence-corrected chi connectivity index (χ4v) is 4.45. The molecule has 3 N–H and O–H groups in total. The molecule has 0 amide bonds. The number of halogens is 1. The van der Waals surface area contributed by atoms with Crippen LogP contribution in [0.2, 0.25) is 0 Å². The van der Waals surface area contributed by atoms with E-state index >= 15 is 0 Å². The molecular formula is C14H20FN3O2S. The number of rotatable bonds is 5. The van der Waals surface area contributed by atoms with Crippen LogP contribution in [0.1, 0.15) is 24.8 Å². The Hall–Kier alpha value is -1.02. The molecule has 21 heavy (non-hydrogen) atoms. The van der Waals surface area contributed by atoms with Gasteiger partial charge in [-0.25, -0.2) is 17.5 Å². The Kier molecular flexibility index (Phi) is 4.00. The van der Waals surface area contributed by atoms with Crippen LogP contribution in [0.4, 0.5) is 4.39 Å². The predicted octanol–water partition coefficient (Wildman–Crippen LogP) is 0.799. The fourth-order valence-electron chi connectivity index (χ4n) is 2.93. The summed E-state index contributed by atoms with van der Waals surface area (Å²) in [5, 5.41) is 0. The number of sulfonamides is 1. The largest absolute Gasteiger partial charge is 0.326 e. The second kappa shape index (κ2) is 5.64. The van der Waals surface area contributed by atoms with Crippen LogP contribution in [0.3, 0.4) is 0 Å². The molecule has 0 radical (unpaired) electrons. The Morgan fingerprint density at radius 2 is 2.10 bits per heavy atom. The molecule has 1 aliphatic carbocycles. The number of nitrogens with one attached hydrogen (secondary N) is 1. The third kappa shape index (κ3) is 3.11. The van der Waals surface area contributed by atoms with Crippen LogP contribution in [0, 0.1) is 5.82 Å². The predicted molar refractivity (Wildman–Crippen MR) is 77.6 cm³/mol. The Balaban J connectivity index is 1.76.